The molecule has 0 radical (unpaired) electrons. The van der Waals surface area contributed by atoms with E-state index < -0.39 is 23.8 Å². The van der Waals surface area contributed by atoms with Crippen molar-refractivity contribution in [1.82, 2.24) is 4.31 Å². The number of para-hydroxylation sites is 1. The van der Waals surface area contributed by atoms with Gasteiger partial charge in [0.05, 0.1) is 26.5 Å². The number of benzene rings is 4. The summed E-state index contributed by atoms with van der Waals surface area (Å²) in [4.78, 5) is -0.0154. The molecular formula is C30H27ClF2NO7PS. The van der Waals surface area contributed by atoms with Gasteiger partial charge in [-0.15, -0.1) is 9.46 Å². The lowest BCUT2D eigenvalue weighted by molar-refractivity contribution is -0.0881. The van der Waals surface area contributed by atoms with E-state index in [4.69, 9.17) is 21.1 Å². The highest BCUT2D eigenvalue weighted by Gasteiger charge is 2.31. The maximum absolute atomic E-state index is 14.0. The van der Waals surface area contributed by atoms with Crippen LogP contribution in [0.5, 0.6) is 5.75 Å². The quantitative estimate of drug-likeness (QED) is 0.144. The highest BCUT2D eigenvalue weighted by molar-refractivity contribution is 7.89. The smallest absolute Gasteiger partial charge is 0.399 e. The molecule has 13 heteroatoms. The molecule has 0 unspecified atom stereocenters. The molecule has 0 aliphatic carbocycles. The molecule has 4 aromatic rings. The Morgan fingerprint density at radius 1 is 0.860 bits per heavy atom. The summed E-state index contributed by atoms with van der Waals surface area (Å²) in [5.41, 5.74) is 5.63. The van der Waals surface area contributed by atoms with Gasteiger partial charge in [0, 0.05) is 18.1 Å². The number of ether oxygens (including phenoxy) is 2. The lowest BCUT2D eigenvalue weighted by Gasteiger charge is -2.24. The van der Waals surface area contributed by atoms with Crippen LogP contribution in [0.1, 0.15) is 27.8 Å². The highest BCUT2D eigenvalue weighted by atomic mass is 35.5. The summed E-state index contributed by atoms with van der Waals surface area (Å²) in [6, 6.07) is 24.4. The zero-order valence-electron chi connectivity index (χ0n) is 22.9. The standard InChI is InChI=1S/C30H27ClF2NO7PS/c1-38-29-4-2-3-5-30(29)43(36,37)34(17-22-8-11-26(28(31)14-22)20-42(35,40-32)41-33)16-21-6-9-23(10-7-21)24-12-13-25-18-39-19-27(25)15-24/h2-15H,16-20H2,1H3. The molecule has 5 rings (SSSR count). The Morgan fingerprint density at radius 3 is 2.21 bits per heavy atom. The van der Waals surface area contributed by atoms with Gasteiger partial charge in [-0.1, -0.05) is 72.3 Å². The second kappa shape index (κ2) is 13.2. The molecule has 43 heavy (non-hydrogen) atoms. The first-order valence-electron chi connectivity index (χ1n) is 13.0. The average Bonchev–Trinajstić information content (AvgIpc) is 3.50. The molecule has 8 nitrogen and oxygen atoms in total. The number of halogens is 3. The van der Waals surface area contributed by atoms with Crippen molar-refractivity contribution in [1.29, 1.82) is 0 Å². The summed E-state index contributed by atoms with van der Waals surface area (Å²) < 4.78 is 83.5. The van der Waals surface area contributed by atoms with Crippen molar-refractivity contribution in [3.8, 4) is 16.9 Å². The molecule has 0 fully saturated rings. The van der Waals surface area contributed by atoms with Crippen LogP contribution in [0.4, 0.5) is 9.05 Å². The summed E-state index contributed by atoms with van der Waals surface area (Å²) in [6.45, 7) is 1.09. The molecule has 0 spiro atoms. The van der Waals surface area contributed by atoms with E-state index in [1.807, 2.05) is 30.3 Å². The van der Waals surface area contributed by atoms with Crippen molar-refractivity contribution in [3.63, 3.8) is 0 Å². The molecule has 0 aromatic heterocycles. The van der Waals surface area contributed by atoms with Crippen molar-refractivity contribution in [2.24, 2.45) is 0 Å². The fourth-order valence-corrected chi connectivity index (χ4v) is 7.59. The fourth-order valence-electron chi connectivity index (χ4n) is 4.84. The van der Waals surface area contributed by atoms with Gasteiger partial charge in [-0.3, -0.25) is 4.57 Å². The van der Waals surface area contributed by atoms with Crippen LogP contribution in [0.2, 0.25) is 5.02 Å². The van der Waals surface area contributed by atoms with Gasteiger partial charge in [-0.05, 0) is 72.3 Å². The Labute approximate surface area is 253 Å². The van der Waals surface area contributed by atoms with Crippen LogP contribution in [0.15, 0.2) is 89.8 Å². The van der Waals surface area contributed by atoms with Gasteiger partial charge < -0.3 is 9.47 Å². The minimum atomic E-state index is -4.67. The van der Waals surface area contributed by atoms with Gasteiger partial charge >= 0.3 is 7.60 Å². The first-order valence-corrected chi connectivity index (χ1v) is 16.6. The maximum Gasteiger partial charge on any atom is 0.399 e. The number of fused-ring (bicyclic) bond motifs is 1. The molecule has 1 heterocycles. The van der Waals surface area contributed by atoms with Crippen LogP contribution in [0.3, 0.4) is 0 Å². The third-order valence-electron chi connectivity index (χ3n) is 7.11. The molecule has 0 saturated heterocycles. The largest absolute Gasteiger partial charge is 0.495 e. The molecule has 0 bridgehead atoms. The molecule has 0 atom stereocenters. The number of hydrogen-bond acceptors (Lipinski definition) is 7. The SMILES string of the molecule is COc1ccccc1S(=O)(=O)N(Cc1ccc(-c2ccc3c(c2)COC3)cc1)Cc1ccc(CP(=O)(OF)OF)c(Cl)c1. The number of sulfonamides is 1. The molecule has 1 aliphatic heterocycles. The third-order valence-corrected chi connectivity index (χ3v) is 10.4. The van der Waals surface area contributed by atoms with Crippen LogP contribution in [0.25, 0.3) is 11.1 Å². The number of methoxy groups -OCH3 is 1. The van der Waals surface area contributed by atoms with Gasteiger partial charge in [-0.2, -0.15) is 4.31 Å². The number of hydrogen-bond donors (Lipinski definition) is 0. The van der Waals surface area contributed by atoms with E-state index in [2.05, 4.69) is 21.6 Å². The molecule has 4 aromatic carbocycles. The minimum Gasteiger partial charge on any atom is -0.495 e. The Morgan fingerprint density at radius 2 is 1.51 bits per heavy atom. The number of rotatable bonds is 12. The van der Waals surface area contributed by atoms with Crippen LogP contribution >= 0.6 is 19.2 Å². The topological polar surface area (TPSA) is 91.4 Å². The van der Waals surface area contributed by atoms with Gasteiger partial charge in [0.25, 0.3) is 0 Å². The van der Waals surface area contributed by atoms with E-state index >= 15 is 0 Å². The lowest BCUT2D eigenvalue weighted by atomic mass is 9.99. The molecule has 0 amide bonds. The summed E-state index contributed by atoms with van der Waals surface area (Å²) in [5, 5.41) is 0.00515. The van der Waals surface area contributed by atoms with E-state index in [-0.39, 0.29) is 34.3 Å². The Bertz CT molecular complexity index is 1770. The number of nitrogens with zero attached hydrogens (tertiary/aromatic N) is 1. The normalized spacial score (nSPS) is 13.3. The lowest BCUT2D eigenvalue weighted by Crippen LogP contribution is -2.30. The van der Waals surface area contributed by atoms with E-state index in [9.17, 15) is 22.0 Å². The average molecular weight is 650 g/mol. The zero-order chi connectivity index (χ0) is 30.6. The predicted octanol–water partition coefficient (Wildman–Crippen LogP) is 7.93. The second-order valence-corrected chi connectivity index (χ2v) is 14.1. The summed E-state index contributed by atoms with van der Waals surface area (Å²) in [6.07, 6.45) is -0.758. The summed E-state index contributed by atoms with van der Waals surface area (Å²) in [5.74, 6) is 0.185. The summed E-state index contributed by atoms with van der Waals surface area (Å²) >= 11 is 6.31. The molecule has 1 aliphatic rings. The Kier molecular flexibility index (Phi) is 9.63. The van der Waals surface area contributed by atoms with E-state index in [1.165, 1.54) is 41.2 Å². The van der Waals surface area contributed by atoms with Crippen molar-refractivity contribution in [3.05, 3.63) is 118 Å². The first kappa shape index (κ1) is 31.3. The molecule has 0 saturated carbocycles. The van der Waals surface area contributed by atoms with Crippen molar-refractivity contribution in [2.75, 3.05) is 7.11 Å². The van der Waals surface area contributed by atoms with Gasteiger partial charge in [-0.25, -0.2) is 8.42 Å². The predicted molar refractivity (Wildman–Crippen MR) is 157 cm³/mol. The highest BCUT2D eigenvalue weighted by Crippen LogP contribution is 2.53. The Balaban J connectivity index is 1.44. The van der Waals surface area contributed by atoms with Gasteiger partial charge in [0.15, 0.2) is 0 Å². The minimum absolute atomic E-state index is 0.00515. The summed E-state index contributed by atoms with van der Waals surface area (Å²) in [7, 11) is -7.38. The third kappa shape index (κ3) is 6.99. The van der Waals surface area contributed by atoms with Gasteiger partial charge in [0.2, 0.25) is 10.0 Å². The van der Waals surface area contributed by atoms with Crippen LogP contribution in [0, 0.1) is 0 Å². The van der Waals surface area contributed by atoms with E-state index in [1.54, 1.807) is 18.2 Å². The molecular weight excluding hydrogens is 623 g/mol. The maximum atomic E-state index is 14.0. The van der Waals surface area contributed by atoms with Crippen molar-refractivity contribution >= 4 is 29.2 Å². The zero-order valence-corrected chi connectivity index (χ0v) is 25.4. The van der Waals surface area contributed by atoms with E-state index in [0.29, 0.717) is 18.8 Å². The molecule has 226 valence electrons. The first-order chi connectivity index (χ1) is 20.7. The fraction of sp³-hybridized carbons (Fsp3) is 0.200. The van der Waals surface area contributed by atoms with Gasteiger partial charge in [0.1, 0.15) is 10.6 Å². The Hall–Kier alpha value is -3.15. The van der Waals surface area contributed by atoms with Crippen LogP contribution in [-0.2, 0) is 61.2 Å². The molecule has 0 N–H and O–H groups in total. The van der Waals surface area contributed by atoms with Crippen molar-refractivity contribution < 1.29 is 41.0 Å². The van der Waals surface area contributed by atoms with Crippen molar-refractivity contribution in [2.45, 2.75) is 37.4 Å². The van der Waals surface area contributed by atoms with Crippen LogP contribution < -0.4 is 4.74 Å². The van der Waals surface area contributed by atoms with E-state index in [0.717, 1.165) is 22.3 Å². The van der Waals surface area contributed by atoms with Crippen LogP contribution in [-0.4, -0.2) is 19.8 Å². The monoisotopic (exact) mass is 649 g/mol. The second-order valence-electron chi connectivity index (χ2n) is 9.93.